The van der Waals surface area contributed by atoms with Gasteiger partial charge in [0, 0.05) is 18.7 Å². The number of nitrogens with two attached hydrogens (primary N) is 1. The lowest BCUT2D eigenvalue weighted by molar-refractivity contribution is 0.210. The van der Waals surface area contributed by atoms with Crippen LogP contribution in [0, 0.1) is 0 Å². The van der Waals surface area contributed by atoms with Gasteiger partial charge in [-0.1, -0.05) is 23.2 Å². The molecule has 0 amide bonds. The Morgan fingerprint density at radius 2 is 2.00 bits per heavy atom. The van der Waals surface area contributed by atoms with Gasteiger partial charge in [-0.15, -0.1) is 0 Å². The van der Waals surface area contributed by atoms with Crippen molar-refractivity contribution in [3.63, 3.8) is 0 Å². The first-order valence-corrected chi connectivity index (χ1v) is 6.92. The predicted molar refractivity (Wildman–Crippen MR) is 86.6 cm³/mol. The van der Waals surface area contributed by atoms with Crippen molar-refractivity contribution in [2.45, 2.75) is 0 Å². The molecule has 0 radical (unpaired) electrons. The number of hydrogen-bond donors (Lipinski definition) is 3. The summed E-state index contributed by atoms with van der Waals surface area (Å²) in [6.07, 6.45) is 1.41. The summed E-state index contributed by atoms with van der Waals surface area (Å²) in [4.78, 5) is 8.21. The van der Waals surface area contributed by atoms with E-state index < -0.39 is 0 Å². The van der Waals surface area contributed by atoms with E-state index in [9.17, 15) is 0 Å². The van der Waals surface area contributed by atoms with Crippen LogP contribution in [0.1, 0.15) is 0 Å². The van der Waals surface area contributed by atoms with Crippen LogP contribution in [0.25, 0.3) is 0 Å². The first kappa shape index (κ1) is 15.6. The summed E-state index contributed by atoms with van der Waals surface area (Å²) >= 11 is 12.0. The highest BCUT2D eigenvalue weighted by Gasteiger charge is 2.09. The van der Waals surface area contributed by atoms with Crippen molar-refractivity contribution in [3.8, 4) is 0 Å². The van der Waals surface area contributed by atoms with Gasteiger partial charge >= 0.3 is 0 Å². The second-order valence-corrected chi connectivity index (χ2v) is 5.00. The molecule has 0 aliphatic rings. The maximum Gasteiger partial charge on any atom is 0.159 e. The number of rotatable bonds is 6. The summed E-state index contributed by atoms with van der Waals surface area (Å²) in [6.45, 7) is 1.15. The van der Waals surface area contributed by atoms with E-state index in [4.69, 9.17) is 33.7 Å². The van der Waals surface area contributed by atoms with Crippen LogP contribution in [-0.4, -0.2) is 30.2 Å². The molecule has 8 heteroatoms. The molecule has 0 atom stereocenters. The number of nitrogens with one attached hydrogen (secondary N) is 2. The third-order valence-electron chi connectivity index (χ3n) is 2.67. The Bertz CT molecular complexity index is 624. The Labute approximate surface area is 132 Å². The van der Waals surface area contributed by atoms with Gasteiger partial charge in [0.2, 0.25) is 0 Å². The number of anilines is 4. The predicted octanol–water partition coefficient (Wildman–Crippen LogP) is 3.17. The van der Waals surface area contributed by atoms with Crippen molar-refractivity contribution >= 4 is 46.2 Å². The van der Waals surface area contributed by atoms with E-state index >= 15 is 0 Å². The number of ether oxygens (including phenoxy) is 1. The Morgan fingerprint density at radius 3 is 2.71 bits per heavy atom. The minimum Gasteiger partial charge on any atom is -0.393 e. The number of nitrogens with zero attached hydrogens (tertiary/aromatic N) is 2. The van der Waals surface area contributed by atoms with Crippen LogP contribution < -0.4 is 16.4 Å². The first-order valence-electron chi connectivity index (χ1n) is 6.17. The zero-order valence-electron chi connectivity index (χ0n) is 11.4. The maximum atomic E-state index is 6.11. The van der Waals surface area contributed by atoms with Gasteiger partial charge in [0.25, 0.3) is 0 Å². The number of halogens is 2. The van der Waals surface area contributed by atoms with Crippen LogP contribution in [0.15, 0.2) is 24.5 Å². The maximum absolute atomic E-state index is 6.11. The van der Waals surface area contributed by atoms with Gasteiger partial charge in [-0.25, -0.2) is 9.97 Å². The fourth-order valence-corrected chi connectivity index (χ4v) is 2.08. The van der Waals surface area contributed by atoms with E-state index in [2.05, 4.69) is 20.6 Å². The fraction of sp³-hybridized carbons (Fsp3) is 0.231. The SMILES string of the molecule is COCCNc1ncnc(Nc2ccc(Cl)cc2Cl)c1N. The topological polar surface area (TPSA) is 85.1 Å². The lowest BCUT2D eigenvalue weighted by Crippen LogP contribution is -2.12. The van der Waals surface area contributed by atoms with E-state index in [1.807, 2.05) is 0 Å². The van der Waals surface area contributed by atoms with Gasteiger partial charge in [0.1, 0.15) is 12.0 Å². The number of benzene rings is 1. The largest absolute Gasteiger partial charge is 0.393 e. The summed E-state index contributed by atoms with van der Waals surface area (Å²) in [5.74, 6) is 1.00. The molecule has 0 fully saturated rings. The van der Waals surface area contributed by atoms with Crippen molar-refractivity contribution in [2.75, 3.05) is 36.6 Å². The molecular weight excluding hydrogens is 313 g/mol. The highest BCUT2D eigenvalue weighted by Crippen LogP contribution is 2.31. The third-order valence-corrected chi connectivity index (χ3v) is 3.21. The molecule has 0 saturated carbocycles. The molecule has 0 aliphatic heterocycles. The van der Waals surface area contributed by atoms with Gasteiger partial charge in [-0.2, -0.15) is 0 Å². The highest BCUT2D eigenvalue weighted by atomic mass is 35.5. The molecule has 1 heterocycles. The second kappa shape index (κ2) is 7.31. The average Bonchev–Trinajstić information content (AvgIpc) is 2.46. The van der Waals surface area contributed by atoms with Crippen LogP contribution in [0.3, 0.4) is 0 Å². The molecule has 0 spiro atoms. The van der Waals surface area contributed by atoms with Gasteiger partial charge in [0.15, 0.2) is 11.6 Å². The zero-order valence-corrected chi connectivity index (χ0v) is 12.9. The highest BCUT2D eigenvalue weighted by molar-refractivity contribution is 6.36. The van der Waals surface area contributed by atoms with E-state index in [1.165, 1.54) is 6.33 Å². The van der Waals surface area contributed by atoms with Crippen LogP contribution in [-0.2, 0) is 4.74 Å². The Balaban J connectivity index is 2.18. The standard InChI is InChI=1S/C13H15Cl2N5O/c1-21-5-4-17-12-11(16)13(19-7-18-12)20-10-3-2-8(14)6-9(10)15/h2-3,6-7H,4-5,16H2,1H3,(H2,17,18,19,20). The minimum absolute atomic E-state index is 0.402. The zero-order chi connectivity index (χ0) is 15.2. The second-order valence-electron chi connectivity index (χ2n) is 4.15. The molecule has 1 aromatic heterocycles. The van der Waals surface area contributed by atoms with Crippen molar-refractivity contribution in [1.82, 2.24) is 9.97 Å². The Morgan fingerprint density at radius 1 is 1.24 bits per heavy atom. The lowest BCUT2D eigenvalue weighted by atomic mass is 10.3. The molecule has 2 rings (SSSR count). The quantitative estimate of drug-likeness (QED) is 0.706. The molecule has 112 valence electrons. The Kier molecular flexibility index (Phi) is 5.44. The van der Waals surface area contributed by atoms with Crippen molar-refractivity contribution < 1.29 is 4.74 Å². The normalized spacial score (nSPS) is 10.4. The summed E-state index contributed by atoms with van der Waals surface area (Å²) in [6, 6.07) is 5.12. The molecule has 1 aromatic carbocycles. The van der Waals surface area contributed by atoms with Gasteiger partial charge in [-0.3, -0.25) is 0 Å². The van der Waals surface area contributed by atoms with Crippen LogP contribution in [0.5, 0.6) is 0 Å². The Hall–Kier alpha value is -1.76. The first-order chi connectivity index (χ1) is 10.1. The molecule has 6 nitrogen and oxygen atoms in total. The smallest absolute Gasteiger partial charge is 0.159 e. The third kappa shape index (κ3) is 4.10. The monoisotopic (exact) mass is 327 g/mol. The van der Waals surface area contributed by atoms with Crippen LogP contribution in [0.2, 0.25) is 10.0 Å². The van der Waals surface area contributed by atoms with Crippen LogP contribution >= 0.6 is 23.2 Å². The van der Waals surface area contributed by atoms with Crippen molar-refractivity contribution in [2.24, 2.45) is 0 Å². The number of methoxy groups -OCH3 is 1. The molecule has 2 aromatic rings. The molecule has 0 bridgehead atoms. The number of aromatic nitrogens is 2. The summed E-state index contributed by atoms with van der Waals surface area (Å²) < 4.78 is 4.96. The fourth-order valence-electron chi connectivity index (χ4n) is 1.63. The van der Waals surface area contributed by atoms with Crippen molar-refractivity contribution in [1.29, 1.82) is 0 Å². The molecule has 0 aliphatic carbocycles. The van der Waals surface area contributed by atoms with Gasteiger partial charge < -0.3 is 21.1 Å². The van der Waals surface area contributed by atoms with Gasteiger partial charge in [-0.05, 0) is 18.2 Å². The minimum atomic E-state index is 0.402. The summed E-state index contributed by atoms with van der Waals surface area (Å²) in [5, 5.41) is 7.17. The average molecular weight is 328 g/mol. The van der Waals surface area contributed by atoms with E-state index in [0.29, 0.717) is 46.2 Å². The van der Waals surface area contributed by atoms with Crippen molar-refractivity contribution in [3.05, 3.63) is 34.6 Å². The molecule has 0 saturated heterocycles. The summed E-state index contributed by atoms with van der Waals surface area (Å²) in [5.41, 5.74) is 7.10. The lowest BCUT2D eigenvalue weighted by Gasteiger charge is -2.13. The summed E-state index contributed by atoms with van der Waals surface area (Å²) in [7, 11) is 1.63. The molecule has 0 unspecified atom stereocenters. The van der Waals surface area contributed by atoms with E-state index in [0.717, 1.165) is 0 Å². The van der Waals surface area contributed by atoms with Crippen LogP contribution in [0.4, 0.5) is 23.0 Å². The van der Waals surface area contributed by atoms with Gasteiger partial charge in [0.05, 0.1) is 17.3 Å². The van der Waals surface area contributed by atoms with E-state index in [1.54, 1.807) is 25.3 Å². The van der Waals surface area contributed by atoms with E-state index in [-0.39, 0.29) is 0 Å². The number of hydrogen-bond acceptors (Lipinski definition) is 6. The molecule has 4 N–H and O–H groups in total. The number of nitrogen functional groups attached to an aromatic ring is 1. The molecule has 21 heavy (non-hydrogen) atoms. The molecular formula is C13H15Cl2N5O.